The van der Waals surface area contributed by atoms with Crippen molar-refractivity contribution in [2.75, 3.05) is 20.1 Å². The summed E-state index contributed by atoms with van der Waals surface area (Å²) in [6.45, 7) is 6.24. The number of rotatable bonds is 5. The number of phenols is 1. The largest absolute Gasteiger partial charge is 0.504 e. The lowest BCUT2D eigenvalue weighted by atomic mass is 9.48. The van der Waals surface area contributed by atoms with Crippen LogP contribution in [-0.4, -0.2) is 69.8 Å². The number of furan rings is 1. The van der Waals surface area contributed by atoms with E-state index in [1.807, 2.05) is 13.1 Å². The molecule has 1 saturated carbocycles. The number of halogens is 1. The van der Waals surface area contributed by atoms with Gasteiger partial charge in [0.1, 0.15) is 6.10 Å². The number of ether oxygens (including phenoxy) is 1. The molecule has 2 aliphatic heterocycles. The van der Waals surface area contributed by atoms with E-state index in [-0.39, 0.29) is 36.1 Å². The molecule has 7 nitrogen and oxygen atoms in total. The van der Waals surface area contributed by atoms with E-state index < -0.39 is 17.1 Å². The third-order valence-electron chi connectivity index (χ3n) is 8.95. The van der Waals surface area contributed by atoms with Crippen LogP contribution in [-0.2, 0) is 16.6 Å². The zero-order valence-electron chi connectivity index (χ0n) is 21.0. The van der Waals surface area contributed by atoms with E-state index >= 15 is 0 Å². The average Bonchev–Trinajstić information content (AvgIpc) is 3.46. The summed E-state index contributed by atoms with van der Waals surface area (Å²) < 4.78 is 11.7. The summed E-state index contributed by atoms with van der Waals surface area (Å²) >= 11 is 0. The van der Waals surface area contributed by atoms with Gasteiger partial charge in [0.2, 0.25) is 5.91 Å². The number of likely N-dealkylation sites (tertiary alicyclic amines) is 1. The molecule has 194 valence electrons. The predicted octanol–water partition coefficient (Wildman–Crippen LogP) is 3.76. The Bertz CT molecular complexity index is 1180. The fourth-order valence-corrected chi connectivity index (χ4v) is 7.51. The summed E-state index contributed by atoms with van der Waals surface area (Å²) in [5.74, 6) is 1.00. The second-order valence-electron chi connectivity index (χ2n) is 11.2. The molecular weight excluding hydrogens is 480 g/mol. The molecule has 2 aliphatic carbocycles. The van der Waals surface area contributed by atoms with E-state index in [0.717, 1.165) is 42.6 Å². The van der Waals surface area contributed by atoms with Crippen LogP contribution in [0.15, 0.2) is 41.2 Å². The number of hydrogen-bond donors (Lipinski definition) is 2. The molecule has 36 heavy (non-hydrogen) atoms. The van der Waals surface area contributed by atoms with Gasteiger partial charge in [-0.15, -0.1) is 12.4 Å². The molecule has 2 N–H and O–H groups in total. The fourth-order valence-electron chi connectivity index (χ4n) is 7.51. The van der Waals surface area contributed by atoms with E-state index in [2.05, 4.69) is 18.7 Å². The summed E-state index contributed by atoms with van der Waals surface area (Å²) in [5.41, 5.74) is 1.35. The van der Waals surface area contributed by atoms with Crippen molar-refractivity contribution in [1.29, 1.82) is 0 Å². The quantitative estimate of drug-likeness (QED) is 0.591. The molecule has 1 spiro atoms. The molecule has 2 aromatic rings. The SMILES string of the molecule is CC(C)CN1CC[C@]23c4c5ccc(O)c4O[C@H]2[C@H](N(C)C(=O)/C=C/c2ccoc2)CC[C@@]3(O)[C@H]1C5.Cl. The molecule has 8 heteroatoms. The van der Waals surface area contributed by atoms with Gasteiger partial charge >= 0.3 is 0 Å². The summed E-state index contributed by atoms with van der Waals surface area (Å²) in [5, 5.41) is 23.3. The maximum absolute atomic E-state index is 13.2. The van der Waals surface area contributed by atoms with Crippen molar-refractivity contribution in [3.63, 3.8) is 0 Å². The van der Waals surface area contributed by atoms with Gasteiger partial charge in [0.05, 0.1) is 29.6 Å². The van der Waals surface area contributed by atoms with Gasteiger partial charge in [-0.25, -0.2) is 0 Å². The Hall–Kier alpha value is -2.48. The molecule has 3 heterocycles. The second-order valence-corrected chi connectivity index (χ2v) is 11.2. The number of carbonyl (C=O) groups excluding carboxylic acids is 1. The molecule has 2 bridgehead atoms. The summed E-state index contributed by atoms with van der Waals surface area (Å²) in [7, 11) is 1.81. The lowest BCUT2D eigenvalue weighted by molar-refractivity contribution is -0.200. The first kappa shape index (κ1) is 25.2. The van der Waals surface area contributed by atoms with Crippen molar-refractivity contribution in [1.82, 2.24) is 9.80 Å². The van der Waals surface area contributed by atoms with E-state index in [1.165, 1.54) is 0 Å². The topological polar surface area (TPSA) is 86.4 Å². The first-order valence-electron chi connectivity index (χ1n) is 12.7. The molecule has 4 aliphatic rings. The maximum atomic E-state index is 13.2. The molecule has 1 amide bonds. The smallest absolute Gasteiger partial charge is 0.246 e. The Morgan fingerprint density at radius 3 is 2.83 bits per heavy atom. The van der Waals surface area contributed by atoms with Gasteiger partial charge < -0.3 is 24.3 Å². The highest BCUT2D eigenvalue weighted by molar-refractivity contribution is 5.92. The van der Waals surface area contributed by atoms with Crippen molar-refractivity contribution < 1.29 is 24.2 Å². The minimum Gasteiger partial charge on any atom is -0.504 e. The number of carbonyl (C=O) groups is 1. The van der Waals surface area contributed by atoms with Crippen LogP contribution in [0.4, 0.5) is 0 Å². The monoisotopic (exact) mass is 514 g/mol. The lowest BCUT2D eigenvalue weighted by Gasteiger charge is -2.64. The summed E-state index contributed by atoms with van der Waals surface area (Å²) in [6.07, 6.45) is 8.78. The predicted molar refractivity (Wildman–Crippen MR) is 138 cm³/mol. The second kappa shape index (κ2) is 8.82. The Kier molecular flexibility index (Phi) is 6.17. The van der Waals surface area contributed by atoms with Gasteiger partial charge in [-0.05, 0) is 61.9 Å². The van der Waals surface area contributed by atoms with Crippen molar-refractivity contribution >= 4 is 24.4 Å². The van der Waals surface area contributed by atoms with E-state index in [1.54, 1.807) is 41.7 Å². The van der Waals surface area contributed by atoms with Gasteiger partial charge in [-0.1, -0.05) is 19.9 Å². The normalized spacial score (nSPS) is 32.2. The first-order valence-corrected chi connectivity index (χ1v) is 12.7. The Balaban J connectivity index is 0.00000267. The van der Waals surface area contributed by atoms with Crippen LogP contribution in [0.25, 0.3) is 6.08 Å². The van der Waals surface area contributed by atoms with Crippen LogP contribution in [0.2, 0.25) is 0 Å². The third-order valence-corrected chi connectivity index (χ3v) is 8.95. The zero-order chi connectivity index (χ0) is 24.5. The number of phenolic OH excluding ortho intramolecular Hbond substituents is 1. The Morgan fingerprint density at radius 2 is 2.11 bits per heavy atom. The number of hydrogen-bond acceptors (Lipinski definition) is 6. The van der Waals surface area contributed by atoms with Crippen molar-refractivity contribution in [3.8, 4) is 11.5 Å². The molecule has 6 rings (SSSR count). The van der Waals surface area contributed by atoms with Crippen molar-refractivity contribution in [2.45, 2.75) is 68.7 Å². The molecule has 0 radical (unpaired) electrons. The van der Waals surface area contributed by atoms with E-state index in [0.29, 0.717) is 24.5 Å². The standard InChI is InChI=1S/C28H34N2O5.ClH/c1-17(2)15-30-12-11-27-24-19-5-6-21(31)25(24)35-26(27)20(8-10-28(27,33)22(30)14-19)29(3)23(32)7-4-18-9-13-34-16-18;/h4-7,9,13,16-17,20,22,26,31,33H,8,10-12,14-15H2,1-3H3;1H/b7-4+;/t20-,22-,26+,27+,28-;/m1./s1. The molecule has 0 unspecified atom stereocenters. The van der Waals surface area contributed by atoms with Crippen LogP contribution < -0.4 is 4.74 Å². The summed E-state index contributed by atoms with van der Waals surface area (Å²) in [4.78, 5) is 17.4. The number of piperidine rings is 1. The highest BCUT2D eigenvalue weighted by Crippen LogP contribution is 2.65. The first-order chi connectivity index (χ1) is 16.8. The van der Waals surface area contributed by atoms with Crippen LogP contribution in [0, 0.1) is 5.92 Å². The van der Waals surface area contributed by atoms with Crippen LogP contribution >= 0.6 is 12.4 Å². The van der Waals surface area contributed by atoms with Crippen molar-refractivity contribution in [3.05, 3.63) is 53.5 Å². The Labute approximate surface area is 218 Å². The highest BCUT2D eigenvalue weighted by Gasteiger charge is 2.73. The van der Waals surface area contributed by atoms with Gasteiger partial charge in [-0.3, -0.25) is 9.69 Å². The number of aliphatic hydroxyl groups is 1. The van der Waals surface area contributed by atoms with Gasteiger partial charge in [0.15, 0.2) is 11.5 Å². The number of likely N-dealkylation sites (N-methyl/N-ethyl adjacent to an activating group) is 1. The lowest BCUT2D eigenvalue weighted by Crippen LogP contribution is -2.78. The molecule has 1 aromatic heterocycles. The molecule has 2 fully saturated rings. The highest BCUT2D eigenvalue weighted by atomic mass is 35.5. The molecule has 1 aromatic carbocycles. The van der Waals surface area contributed by atoms with Crippen molar-refractivity contribution in [2.24, 2.45) is 5.92 Å². The Morgan fingerprint density at radius 1 is 1.31 bits per heavy atom. The van der Waals surface area contributed by atoms with Crippen LogP contribution in [0.5, 0.6) is 11.5 Å². The van der Waals surface area contributed by atoms with Gasteiger partial charge in [0, 0.05) is 36.8 Å². The average molecular weight is 515 g/mol. The van der Waals surface area contributed by atoms with E-state index in [4.69, 9.17) is 9.15 Å². The summed E-state index contributed by atoms with van der Waals surface area (Å²) in [6, 6.07) is 5.30. The number of amides is 1. The molecule has 5 atom stereocenters. The zero-order valence-corrected chi connectivity index (χ0v) is 21.8. The van der Waals surface area contributed by atoms with Crippen LogP contribution in [0.3, 0.4) is 0 Å². The van der Waals surface area contributed by atoms with Gasteiger partial charge in [0.25, 0.3) is 0 Å². The third kappa shape index (κ3) is 3.36. The van der Waals surface area contributed by atoms with Gasteiger partial charge in [-0.2, -0.15) is 0 Å². The maximum Gasteiger partial charge on any atom is 0.246 e. The number of benzene rings is 1. The van der Waals surface area contributed by atoms with Crippen LogP contribution in [0.1, 0.15) is 49.8 Å². The number of aromatic hydroxyl groups is 1. The molecule has 1 saturated heterocycles. The fraction of sp³-hybridized carbons (Fsp3) is 0.536. The minimum absolute atomic E-state index is 0. The minimum atomic E-state index is -0.968. The van der Waals surface area contributed by atoms with E-state index in [9.17, 15) is 15.0 Å². The number of nitrogens with zero attached hydrogens (tertiary/aromatic N) is 2. The molecular formula is C28H35ClN2O5.